The Morgan fingerprint density at radius 3 is 2.27 bits per heavy atom. The molecule has 26 heavy (non-hydrogen) atoms. The van der Waals surface area contributed by atoms with Gasteiger partial charge in [0.05, 0.1) is 6.42 Å². The molecule has 0 unspecified atom stereocenters. The van der Waals surface area contributed by atoms with Crippen LogP contribution >= 0.6 is 15.9 Å². The lowest BCUT2D eigenvalue weighted by Crippen LogP contribution is -2.35. The Morgan fingerprint density at radius 2 is 1.65 bits per heavy atom. The largest absolute Gasteiger partial charge is 0.481 e. The smallest absolute Gasteiger partial charge is 0.305 e. The van der Waals surface area contributed by atoms with Crippen LogP contribution in [-0.4, -0.2) is 29.4 Å². The second kappa shape index (κ2) is 9.53. The van der Waals surface area contributed by atoms with Crippen molar-refractivity contribution in [3.8, 4) is 0 Å². The average molecular weight is 417 g/mol. The van der Waals surface area contributed by atoms with Crippen LogP contribution in [0.4, 0.5) is 0 Å². The van der Waals surface area contributed by atoms with Crippen LogP contribution in [0.1, 0.15) is 22.3 Å². The second-order valence-corrected chi connectivity index (χ2v) is 6.25. The Hall–Kier alpha value is -2.93. The molecule has 3 N–H and O–H groups in total. The van der Waals surface area contributed by atoms with E-state index in [1.807, 2.05) is 18.2 Å². The molecule has 2 aromatic carbocycles. The first-order chi connectivity index (χ1) is 12.5. The second-order valence-electron chi connectivity index (χ2n) is 5.33. The van der Waals surface area contributed by atoms with Crippen LogP contribution in [-0.2, 0) is 9.59 Å². The van der Waals surface area contributed by atoms with Gasteiger partial charge in [0.15, 0.2) is 0 Å². The molecule has 0 spiro atoms. The molecule has 6 nitrogen and oxygen atoms in total. The van der Waals surface area contributed by atoms with E-state index in [0.29, 0.717) is 5.56 Å². The molecule has 0 fully saturated rings. The number of benzene rings is 2. The Balaban J connectivity index is 2.18. The summed E-state index contributed by atoms with van der Waals surface area (Å²) in [6, 6.07) is 15.7. The molecule has 2 amide bonds. The molecule has 0 atom stereocenters. The molecule has 2 rings (SSSR count). The fourth-order valence-electron chi connectivity index (χ4n) is 2.05. The number of hydrogen-bond donors (Lipinski definition) is 3. The van der Waals surface area contributed by atoms with E-state index >= 15 is 0 Å². The lowest BCUT2D eigenvalue weighted by molar-refractivity contribution is -0.136. The summed E-state index contributed by atoms with van der Waals surface area (Å²) in [6.45, 7) is -0.0333. The molecule has 0 aliphatic rings. The number of carbonyl (C=O) groups is 3. The van der Waals surface area contributed by atoms with Crippen LogP contribution in [0, 0.1) is 0 Å². The summed E-state index contributed by atoms with van der Waals surface area (Å²) >= 11 is 3.30. The van der Waals surface area contributed by atoms with E-state index in [2.05, 4.69) is 26.6 Å². The molecule has 134 valence electrons. The zero-order valence-corrected chi connectivity index (χ0v) is 15.3. The molecule has 0 bridgehead atoms. The zero-order chi connectivity index (χ0) is 18.9. The molecule has 0 heterocycles. The number of aliphatic carboxylic acids is 1. The van der Waals surface area contributed by atoms with Crippen LogP contribution in [0.25, 0.3) is 6.08 Å². The van der Waals surface area contributed by atoms with Crippen molar-refractivity contribution in [1.82, 2.24) is 10.6 Å². The molecule has 2 aromatic rings. The normalized spacial score (nSPS) is 10.9. The van der Waals surface area contributed by atoms with Crippen LogP contribution in [0.15, 0.2) is 64.8 Å². The van der Waals surface area contributed by atoms with Crippen molar-refractivity contribution in [3.05, 3.63) is 75.9 Å². The quantitative estimate of drug-likeness (QED) is 0.604. The number of hydrogen-bond acceptors (Lipinski definition) is 3. The number of carboxylic acids is 1. The van der Waals surface area contributed by atoms with Gasteiger partial charge in [0, 0.05) is 16.6 Å². The highest BCUT2D eigenvalue weighted by molar-refractivity contribution is 9.10. The molecule has 0 aliphatic heterocycles. The van der Waals surface area contributed by atoms with E-state index < -0.39 is 17.8 Å². The average Bonchev–Trinajstić information content (AvgIpc) is 2.62. The van der Waals surface area contributed by atoms with Gasteiger partial charge in [0.1, 0.15) is 5.70 Å². The number of carboxylic acid groups (broad SMARTS) is 1. The number of amides is 2. The lowest BCUT2D eigenvalue weighted by atomic mass is 10.1. The first kappa shape index (κ1) is 19.4. The molecule has 0 radical (unpaired) electrons. The summed E-state index contributed by atoms with van der Waals surface area (Å²) in [6.07, 6.45) is 1.33. The van der Waals surface area contributed by atoms with Gasteiger partial charge in [-0.15, -0.1) is 0 Å². The number of carbonyl (C=O) groups excluding carboxylic acids is 2. The minimum Gasteiger partial charge on any atom is -0.481 e. The minimum atomic E-state index is -1.02. The van der Waals surface area contributed by atoms with Gasteiger partial charge >= 0.3 is 5.97 Å². The van der Waals surface area contributed by atoms with Gasteiger partial charge in [0.2, 0.25) is 0 Å². The van der Waals surface area contributed by atoms with Gasteiger partial charge in [-0.1, -0.05) is 46.3 Å². The van der Waals surface area contributed by atoms with Crippen molar-refractivity contribution < 1.29 is 19.5 Å². The molecule has 0 aliphatic carbocycles. The first-order valence-electron chi connectivity index (χ1n) is 7.79. The van der Waals surface area contributed by atoms with E-state index in [1.54, 1.807) is 36.4 Å². The molecular weight excluding hydrogens is 400 g/mol. The predicted octanol–water partition coefficient (Wildman–Crippen LogP) is 2.81. The third-order valence-electron chi connectivity index (χ3n) is 3.33. The highest BCUT2D eigenvalue weighted by atomic mass is 79.9. The van der Waals surface area contributed by atoms with Crippen molar-refractivity contribution in [2.45, 2.75) is 6.42 Å². The molecule has 7 heteroatoms. The molecular formula is C19H17BrN2O4. The molecule has 0 saturated carbocycles. The van der Waals surface area contributed by atoms with Crippen LogP contribution in [0.5, 0.6) is 0 Å². The minimum absolute atomic E-state index is 0.0333. The summed E-state index contributed by atoms with van der Waals surface area (Å²) in [5.41, 5.74) is 1.16. The predicted molar refractivity (Wildman–Crippen MR) is 101 cm³/mol. The monoisotopic (exact) mass is 416 g/mol. The van der Waals surface area contributed by atoms with E-state index in [9.17, 15) is 14.4 Å². The molecule has 0 aromatic heterocycles. The standard InChI is InChI=1S/C19H17BrN2O4/c20-15-8-6-14(7-9-15)18(25)22-16(12-13-4-2-1-3-5-13)19(26)21-11-10-17(23)24/h1-9,12H,10-11H2,(H,21,26)(H,22,25)(H,23,24). The van der Waals surface area contributed by atoms with Gasteiger partial charge < -0.3 is 15.7 Å². The van der Waals surface area contributed by atoms with Gasteiger partial charge in [-0.05, 0) is 35.9 Å². The van der Waals surface area contributed by atoms with E-state index in [1.165, 1.54) is 6.08 Å². The maximum absolute atomic E-state index is 12.4. The molecule has 0 saturated heterocycles. The SMILES string of the molecule is O=C(O)CCNC(=O)C(=Cc1ccccc1)NC(=O)c1ccc(Br)cc1. The maximum Gasteiger partial charge on any atom is 0.305 e. The van der Waals surface area contributed by atoms with Crippen molar-refractivity contribution in [2.75, 3.05) is 6.54 Å². The number of nitrogens with one attached hydrogen (secondary N) is 2. The van der Waals surface area contributed by atoms with Crippen molar-refractivity contribution in [1.29, 1.82) is 0 Å². The summed E-state index contributed by atoms with van der Waals surface area (Å²) in [5, 5.41) is 13.8. The number of rotatable bonds is 7. The maximum atomic E-state index is 12.4. The van der Waals surface area contributed by atoms with Crippen LogP contribution < -0.4 is 10.6 Å². The Kier molecular flexibility index (Phi) is 7.11. The highest BCUT2D eigenvalue weighted by Crippen LogP contribution is 2.11. The zero-order valence-electron chi connectivity index (χ0n) is 13.7. The van der Waals surface area contributed by atoms with Gasteiger partial charge in [-0.25, -0.2) is 0 Å². The summed E-state index contributed by atoms with van der Waals surface area (Å²) in [7, 11) is 0. The van der Waals surface area contributed by atoms with Crippen LogP contribution in [0.3, 0.4) is 0 Å². The van der Waals surface area contributed by atoms with Gasteiger partial charge in [-0.2, -0.15) is 0 Å². The third kappa shape index (κ3) is 6.18. The van der Waals surface area contributed by atoms with E-state index in [-0.39, 0.29) is 18.7 Å². The summed E-state index contributed by atoms with van der Waals surface area (Å²) in [5.74, 6) is -2.01. The first-order valence-corrected chi connectivity index (χ1v) is 8.58. The Morgan fingerprint density at radius 1 is 1.00 bits per heavy atom. The van der Waals surface area contributed by atoms with Gasteiger partial charge in [-0.3, -0.25) is 14.4 Å². The Bertz CT molecular complexity index is 817. The van der Waals surface area contributed by atoms with Gasteiger partial charge in [0.25, 0.3) is 11.8 Å². The van der Waals surface area contributed by atoms with Crippen LogP contribution in [0.2, 0.25) is 0 Å². The van der Waals surface area contributed by atoms with Crippen molar-refractivity contribution in [2.24, 2.45) is 0 Å². The highest BCUT2D eigenvalue weighted by Gasteiger charge is 2.14. The fourth-order valence-corrected chi connectivity index (χ4v) is 2.31. The van der Waals surface area contributed by atoms with Crippen molar-refractivity contribution in [3.63, 3.8) is 0 Å². The summed E-state index contributed by atoms with van der Waals surface area (Å²) in [4.78, 5) is 35.3. The topological polar surface area (TPSA) is 95.5 Å². The lowest BCUT2D eigenvalue weighted by Gasteiger charge is -2.11. The van der Waals surface area contributed by atoms with E-state index in [0.717, 1.165) is 10.0 Å². The fraction of sp³-hybridized carbons (Fsp3) is 0.105. The number of halogens is 1. The van der Waals surface area contributed by atoms with Crippen molar-refractivity contribution >= 4 is 39.8 Å². The van der Waals surface area contributed by atoms with E-state index in [4.69, 9.17) is 5.11 Å². The Labute approximate surface area is 159 Å². The summed E-state index contributed by atoms with van der Waals surface area (Å²) < 4.78 is 0.834. The third-order valence-corrected chi connectivity index (χ3v) is 3.86.